The lowest BCUT2D eigenvalue weighted by Crippen LogP contribution is -2.47. The van der Waals surface area contributed by atoms with Crippen LogP contribution in [-0.2, 0) is 4.79 Å². The van der Waals surface area contributed by atoms with E-state index in [0.29, 0.717) is 25.2 Å². The van der Waals surface area contributed by atoms with Gasteiger partial charge in [0.15, 0.2) is 0 Å². The summed E-state index contributed by atoms with van der Waals surface area (Å²) in [6.07, 6.45) is 11.2. The van der Waals surface area contributed by atoms with Crippen LogP contribution in [0.25, 0.3) is 0 Å². The van der Waals surface area contributed by atoms with E-state index in [-0.39, 0.29) is 5.91 Å². The molecule has 0 saturated heterocycles. The zero-order valence-electron chi connectivity index (χ0n) is 12.1. The average Bonchev–Trinajstić information content (AvgIpc) is 2.93. The molecule has 0 heterocycles. The van der Waals surface area contributed by atoms with Crippen molar-refractivity contribution < 1.29 is 4.79 Å². The third-order valence-electron chi connectivity index (χ3n) is 4.57. The minimum Gasteiger partial charge on any atom is -0.352 e. The Morgan fingerprint density at radius 1 is 1.05 bits per heavy atom. The van der Waals surface area contributed by atoms with Gasteiger partial charge in [0.1, 0.15) is 0 Å². The molecule has 2 aliphatic carbocycles. The number of rotatable bonds is 6. The quantitative estimate of drug-likeness (QED) is 0.769. The molecule has 0 radical (unpaired) electrons. The van der Waals surface area contributed by atoms with Crippen molar-refractivity contribution in [2.45, 2.75) is 69.9 Å². The molecule has 19 heavy (non-hydrogen) atoms. The molecule has 2 saturated carbocycles. The van der Waals surface area contributed by atoms with E-state index >= 15 is 0 Å². The van der Waals surface area contributed by atoms with E-state index in [4.69, 9.17) is 5.73 Å². The molecular weight excluding hydrogens is 238 g/mol. The predicted octanol–water partition coefficient (Wildman–Crippen LogP) is 1.64. The Kier molecular flexibility index (Phi) is 6.11. The molecule has 4 heteroatoms. The normalized spacial score (nSPS) is 22.0. The lowest BCUT2D eigenvalue weighted by atomic mass is 9.95. The molecule has 2 fully saturated rings. The Balaban J connectivity index is 1.76. The zero-order chi connectivity index (χ0) is 13.5. The molecule has 0 spiro atoms. The zero-order valence-corrected chi connectivity index (χ0v) is 12.1. The molecule has 0 bridgehead atoms. The molecule has 2 rings (SSSR count). The van der Waals surface area contributed by atoms with Crippen LogP contribution in [0.2, 0.25) is 0 Å². The van der Waals surface area contributed by atoms with Gasteiger partial charge in [-0.15, -0.1) is 0 Å². The maximum absolute atomic E-state index is 12.2. The van der Waals surface area contributed by atoms with E-state index in [1.165, 1.54) is 44.9 Å². The van der Waals surface area contributed by atoms with Crippen molar-refractivity contribution in [2.75, 3.05) is 19.6 Å². The van der Waals surface area contributed by atoms with Crippen LogP contribution < -0.4 is 11.1 Å². The fraction of sp³-hybridized carbons (Fsp3) is 0.933. The van der Waals surface area contributed by atoms with E-state index in [0.717, 1.165) is 19.4 Å². The minimum absolute atomic E-state index is 0.201. The number of nitrogens with zero attached hydrogens (tertiary/aromatic N) is 1. The molecular formula is C15H29N3O. The molecule has 0 atom stereocenters. The average molecular weight is 267 g/mol. The highest BCUT2D eigenvalue weighted by Gasteiger charge is 2.24. The summed E-state index contributed by atoms with van der Waals surface area (Å²) in [5, 5.41) is 3.21. The first-order chi connectivity index (χ1) is 9.29. The van der Waals surface area contributed by atoms with Gasteiger partial charge in [-0.25, -0.2) is 0 Å². The number of hydrogen-bond donors (Lipinski definition) is 2. The summed E-state index contributed by atoms with van der Waals surface area (Å²) < 4.78 is 0. The third kappa shape index (κ3) is 4.77. The molecule has 0 aromatic carbocycles. The molecule has 0 aliphatic heterocycles. The number of amides is 1. The van der Waals surface area contributed by atoms with Crippen molar-refractivity contribution >= 4 is 5.91 Å². The Bertz CT molecular complexity index is 271. The van der Waals surface area contributed by atoms with Crippen molar-refractivity contribution in [3.05, 3.63) is 0 Å². The largest absolute Gasteiger partial charge is 0.352 e. The van der Waals surface area contributed by atoms with Crippen LogP contribution in [0.3, 0.4) is 0 Å². The summed E-state index contributed by atoms with van der Waals surface area (Å²) in [6, 6.07) is 1.00. The molecule has 0 aromatic heterocycles. The number of nitrogens with two attached hydrogens (primary N) is 1. The van der Waals surface area contributed by atoms with Gasteiger partial charge < -0.3 is 11.1 Å². The van der Waals surface area contributed by atoms with E-state index < -0.39 is 0 Å². The van der Waals surface area contributed by atoms with Gasteiger partial charge in [-0.2, -0.15) is 0 Å². The van der Waals surface area contributed by atoms with Crippen molar-refractivity contribution in [1.29, 1.82) is 0 Å². The molecule has 110 valence electrons. The van der Waals surface area contributed by atoms with Crippen LogP contribution in [0.15, 0.2) is 0 Å². The van der Waals surface area contributed by atoms with Crippen LogP contribution in [-0.4, -0.2) is 42.5 Å². The van der Waals surface area contributed by atoms with Gasteiger partial charge in [-0.3, -0.25) is 9.69 Å². The Labute approximate surface area is 117 Å². The summed E-state index contributed by atoms with van der Waals surface area (Å²) in [5.41, 5.74) is 5.68. The lowest BCUT2D eigenvalue weighted by molar-refractivity contribution is -0.123. The third-order valence-corrected chi connectivity index (χ3v) is 4.57. The highest BCUT2D eigenvalue weighted by Crippen LogP contribution is 2.23. The topological polar surface area (TPSA) is 58.4 Å². The van der Waals surface area contributed by atoms with Crippen molar-refractivity contribution in [3.63, 3.8) is 0 Å². The summed E-state index contributed by atoms with van der Waals surface area (Å²) in [6.45, 7) is 2.04. The van der Waals surface area contributed by atoms with E-state index in [1.54, 1.807) is 0 Å². The standard InChI is InChI=1S/C15H29N3O/c16-10-11-18(14-8-4-5-9-14)12-15(19)17-13-6-2-1-3-7-13/h13-14H,1-12,16H2,(H,17,19). The molecule has 0 unspecified atom stereocenters. The highest BCUT2D eigenvalue weighted by atomic mass is 16.2. The predicted molar refractivity (Wildman–Crippen MR) is 77.9 cm³/mol. The molecule has 4 nitrogen and oxygen atoms in total. The Morgan fingerprint density at radius 2 is 1.68 bits per heavy atom. The van der Waals surface area contributed by atoms with Crippen LogP contribution >= 0.6 is 0 Å². The van der Waals surface area contributed by atoms with E-state index in [1.807, 2.05) is 0 Å². The summed E-state index contributed by atoms with van der Waals surface area (Å²) in [7, 11) is 0. The number of hydrogen-bond acceptors (Lipinski definition) is 3. The van der Waals surface area contributed by atoms with Crippen molar-refractivity contribution in [1.82, 2.24) is 10.2 Å². The van der Waals surface area contributed by atoms with Crippen LogP contribution in [0.4, 0.5) is 0 Å². The second-order valence-electron chi connectivity index (χ2n) is 6.10. The number of carbonyl (C=O) groups excluding carboxylic acids is 1. The summed E-state index contributed by atoms with van der Waals surface area (Å²) in [5.74, 6) is 0.201. The van der Waals surface area contributed by atoms with Crippen LogP contribution in [0, 0.1) is 0 Å². The molecule has 0 aromatic rings. The monoisotopic (exact) mass is 267 g/mol. The first-order valence-corrected chi connectivity index (χ1v) is 8.03. The lowest BCUT2D eigenvalue weighted by Gasteiger charge is -2.29. The second-order valence-corrected chi connectivity index (χ2v) is 6.10. The maximum Gasteiger partial charge on any atom is 0.234 e. The van der Waals surface area contributed by atoms with Crippen molar-refractivity contribution in [3.8, 4) is 0 Å². The van der Waals surface area contributed by atoms with Crippen molar-refractivity contribution in [2.24, 2.45) is 5.73 Å². The van der Waals surface area contributed by atoms with Gasteiger partial charge in [0.25, 0.3) is 0 Å². The van der Waals surface area contributed by atoms with E-state index in [9.17, 15) is 4.79 Å². The van der Waals surface area contributed by atoms with Gasteiger partial charge >= 0.3 is 0 Å². The number of carbonyl (C=O) groups is 1. The van der Waals surface area contributed by atoms with Gasteiger partial charge in [0.05, 0.1) is 6.54 Å². The number of nitrogens with one attached hydrogen (secondary N) is 1. The SMILES string of the molecule is NCCN(CC(=O)NC1CCCCC1)C1CCCC1. The van der Waals surface area contributed by atoms with Gasteiger partial charge in [-0.05, 0) is 25.7 Å². The minimum atomic E-state index is 0.201. The molecule has 3 N–H and O–H groups in total. The van der Waals surface area contributed by atoms with Gasteiger partial charge in [0, 0.05) is 25.2 Å². The fourth-order valence-corrected chi connectivity index (χ4v) is 3.53. The van der Waals surface area contributed by atoms with E-state index in [2.05, 4.69) is 10.2 Å². The summed E-state index contributed by atoms with van der Waals surface area (Å²) >= 11 is 0. The molecule has 1 amide bonds. The van der Waals surface area contributed by atoms with Gasteiger partial charge in [-0.1, -0.05) is 32.1 Å². The van der Waals surface area contributed by atoms with Crippen LogP contribution in [0.5, 0.6) is 0 Å². The van der Waals surface area contributed by atoms with Crippen LogP contribution in [0.1, 0.15) is 57.8 Å². The second kappa shape index (κ2) is 7.85. The molecule has 2 aliphatic rings. The maximum atomic E-state index is 12.2. The Morgan fingerprint density at radius 3 is 2.32 bits per heavy atom. The summed E-state index contributed by atoms with van der Waals surface area (Å²) in [4.78, 5) is 14.5. The fourth-order valence-electron chi connectivity index (χ4n) is 3.53. The smallest absolute Gasteiger partial charge is 0.234 e. The first kappa shape index (κ1) is 14.8. The Hall–Kier alpha value is -0.610. The highest BCUT2D eigenvalue weighted by molar-refractivity contribution is 5.78. The first-order valence-electron chi connectivity index (χ1n) is 8.03. The van der Waals surface area contributed by atoms with Gasteiger partial charge in [0.2, 0.25) is 5.91 Å².